The first-order chi connectivity index (χ1) is 11.9. The summed E-state index contributed by atoms with van der Waals surface area (Å²) in [6.07, 6.45) is -4.40. The van der Waals surface area contributed by atoms with Gasteiger partial charge in [-0.25, -0.2) is 4.79 Å². The smallest absolute Gasteiger partial charge is 0.416 e. The Hall–Kier alpha value is -2.25. The quantitative estimate of drug-likeness (QED) is 0.859. The van der Waals surface area contributed by atoms with E-state index in [9.17, 15) is 18.0 Å². The zero-order valence-corrected chi connectivity index (χ0v) is 15.6. The van der Waals surface area contributed by atoms with Crippen molar-refractivity contribution in [3.05, 3.63) is 29.5 Å². The van der Waals surface area contributed by atoms with Crippen LogP contribution in [-0.4, -0.2) is 27.5 Å². The number of fused-ring (bicyclic) bond motifs is 1. The maximum Gasteiger partial charge on any atom is 0.416 e. The number of aromatic nitrogens is 2. The predicted molar refractivity (Wildman–Crippen MR) is 92.9 cm³/mol. The number of aryl methyl sites for hydroxylation is 1. The molecule has 0 spiro atoms. The van der Waals surface area contributed by atoms with Crippen molar-refractivity contribution < 1.29 is 22.7 Å². The van der Waals surface area contributed by atoms with Gasteiger partial charge in [0.2, 0.25) is 0 Å². The number of hydrogen-bond donors (Lipinski definition) is 1. The summed E-state index contributed by atoms with van der Waals surface area (Å²) in [5.74, 6) is 0. The van der Waals surface area contributed by atoms with Gasteiger partial charge in [-0.2, -0.15) is 18.3 Å². The summed E-state index contributed by atoms with van der Waals surface area (Å²) in [5.41, 5.74) is -0.228. The van der Waals surface area contributed by atoms with E-state index >= 15 is 0 Å². The first kappa shape index (κ1) is 20.1. The van der Waals surface area contributed by atoms with E-state index in [4.69, 9.17) is 4.74 Å². The van der Waals surface area contributed by atoms with Crippen LogP contribution in [-0.2, 0) is 23.9 Å². The molecule has 0 radical (unpaired) electrons. The van der Waals surface area contributed by atoms with E-state index in [1.54, 1.807) is 27.7 Å². The van der Waals surface area contributed by atoms with Crippen molar-refractivity contribution in [3.8, 4) is 0 Å². The molecule has 1 N–H and O–H groups in total. The molecule has 144 valence electrons. The van der Waals surface area contributed by atoms with Gasteiger partial charge < -0.3 is 10.1 Å². The number of amides is 1. The van der Waals surface area contributed by atoms with Crippen molar-refractivity contribution in [2.75, 3.05) is 0 Å². The van der Waals surface area contributed by atoms with Crippen LogP contribution in [0, 0.1) is 0 Å². The summed E-state index contributed by atoms with van der Waals surface area (Å²) in [5, 5.41) is 7.77. The number of nitrogens with one attached hydrogen (secondary N) is 1. The zero-order chi connectivity index (χ0) is 19.7. The Kier molecular flexibility index (Phi) is 5.53. The van der Waals surface area contributed by atoms with E-state index in [2.05, 4.69) is 10.4 Å². The van der Waals surface area contributed by atoms with Gasteiger partial charge in [-0.15, -0.1) is 0 Å². The topological polar surface area (TPSA) is 56.2 Å². The average molecular weight is 371 g/mol. The van der Waals surface area contributed by atoms with Gasteiger partial charge in [0.1, 0.15) is 5.60 Å². The van der Waals surface area contributed by atoms with Crippen LogP contribution >= 0.6 is 0 Å². The number of alkyl halides is 3. The fourth-order valence-corrected chi connectivity index (χ4v) is 2.63. The standard InChI is InChI=1S/C18H24F3N3O2/c1-6-14-13-8-7-12(18(19,20)21)9-15(13)24(23-14)10-11(2)22-16(25)26-17(3,4)5/h7-9,11H,6,10H2,1-5H3,(H,22,25)/t11-/m0/s1. The molecule has 1 heterocycles. The van der Waals surface area contributed by atoms with E-state index in [1.807, 2.05) is 6.92 Å². The third kappa shape index (κ3) is 4.89. The number of carbonyl (C=O) groups excluding carboxylic acids is 1. The minimum absolute atomic E-state index is 0.233. The maximum absolute atomic E-state index is 13.0. The Morgan fingerprint density at radius 3 is 2.50 bits per heavy atom. The average Bonchev–Trinajstić information content (AvgIpc) is 2.81. The van der Waals surface area contributed by atoms with E-state index in [0.717, 1.165) is 17.8 Å². The minimum atomic E-state index is -4.42. The van der Waals surface area contributed by atoms with Crippen molar-refractivity contribution in [2.24, 2.45) is 0 Å². The highest BCUT2D eigenvalue weighted by Gasteiger charge is 2.31. The second-order valence-corrected chi connectivity index (χ2v) is 7.26. The molecule has 0 unspecified atom stereocenters. The molecule has 0 aliphatic rings. The number of ether oxygens (including phenoxy) is 1. The molecule has 5 nitrogen and oxygen atoms in total. The highest BCUT2D eigenvalue weighted by molar-refractivity contribution is 5.83. The number of rotatable bonds is 4. The van der Waals surface area contributed by atoms with Gasteiger partial charge in [0.15, 0.2) is 0 Å². The van der Waals surface area contributed by atoms with E-state index < -0.39 is 23.4 Å². The number of carbonyl (C=O) groups is 1. The lowest BCUT2D eigenvalue weighted by Gasteiger charge is -2.22. The number of benzene rings is 1. The summed E-state index contributed by atoms with van der Waals surface area (Å²) in [7, 11) is 0. The highest BCUT2D eigenvalue weighted by Crippen LogP contribution is 2.32. The van der Waals surface area contributed by atoms with Gasteiger partial charge in [-0.1, -0.05) is 13.0 Å². The van der Waals surface area contributed by atoms with Crippen LogP contribution < -0.4 is 5.32 Å². The van der Waals surface area contributed by atoms with Crippen LogP contribution in [0.3, 0.4) is 0 Å². The van der Waals surface area contributed by atoms with Gasteiger partial charge in [0, 0.05) is 11.4 Å². The zero-order valence-electron chi connectivity index (χ0n) is 15.6. The molecule has 0 saturated carbocycles. The molecule has 0 bridgehead atoms. The molecule has 1 atom stereocenters. The molecule has 1 aromatic heterocycles. The van der Waals surface area contributed by atoms with Crippen LogP contribution in [0.2, 0.25) is 0 Å². The second kappa shape index (κ2) is 7.17. The van der Waals surface area contributed by atoms with E-state index in [-0.39, 0.29) is 12.6 Å². The van der Waals surface area contributed by atoms with Crippen molar-refractivity contribution in [1.82, 2.24) is 15.1 Å². The Bertz CT molecular complexity index is 791. The minimum Gasteiger partial charge on any atom is -0.444 e. The maximum atomic E-state index is 13.0. The molecule has 0 aliphatic carbocycles. The van der Waals surface area contributed by atoms with Crippen LogP contribution in [0.4, 0.5) is 18.0 Å². The van der Waals surface area contributed by atoms with Gasteiger partial charge in [0.05, 0.1) is 23.3 Å². The van der Waals surface area contributed by atoms with Crippen LogP contribution in [0.25, 0.3) is 10.9 Å². The largest absolute Gasteiger partial charge is 0.444 e. The van der Waals surface area contributed by atoms with Crippen LogP contribution in [0.1, 0.15) is 45.9 Å². The number of nitrogens with zero attached hydrogens (tertiary/aromatic N) is 2. The normalized spacial score (nSPS) is 13.7. The van der Waals surface area contributed by atoms with E-state index in [1.165, 1.54) is 10.7 Å². The molecule has 26 heavy (non-hydrogen) atoms. The lowest BCUT2D eigenvalue weighted by Crippen LogP contribution is -2.39. The SMILES string of the molecule is CCc1nn(C[C@H](C)NC(=O)OC(C)(C)C)c2cc(C(F)(F)F)ccc12. The Labute approximate surface area is 150 Å². The van der Waals surface area contributed by atoms with Gasteiger partial charge in [0.25, 0.3) is 0 Å². The van der Waals surface area contributed by atoms with Crippen molar-refractivity contribution >= 4 is 17.0 Å². The fraction of sp³-hybridized carbons (Fsp3) is 0.556. The third-order valence-electron chi connectivity index (χ3n) is 3.70. The van der Waals surface area contributed by atoms with Gasteiger partial charge in [-0.05, 0) is 46.2 Å². The van der Waals surface area contributed by atoms with Crippen LogP contribution in [0.5, 0.6) is 0 Å². The Morgan fingerprint density at radius 1 is 1.31 bits per heavy atom. The van der Waals surface area contributed by atoms with Crippen molar-refractivity contribution in [1.29, 1.82) is 0 Å². The first-order valence-electron chi connectivity index (χ1n) is 8.47. The third-order valence-corrected chi connectivity index (χ3v) is 3.70. The molecule has 2 aromatic rings. The van der Waals surface area contributed by atoms with Gasteiger partial charge in [-0.3, -0.25) is 4.68 Å². The number of alkyl carbamates (subject to hydrolysis) is 1. The van der Waals surface area contributed by atoms with Gasteiger partial charge >= 0.3 is 12.3 Å². The molecule has 8 heteroatoms. The Morgan fingerprint density at radius 2 is 1.96 bits per heavy atom. The second-order valence-electron chi connectivity index (χ2n) is 7.26. The molecular weight excluding hydrogens is 347 g/mol. The predicted octanol–water partition coefficient (Wildman–Crippen LogP) is 4.53. The summed E-state index contributed by atoms with van der Waals surface area (Å²) in [6.45, 7) is 9.14. The number of halogens is 3. The lowest BCUT2D eigenvalue weighted by atomic mass is 10.1. The molecule has 0 aliphatic heterocycles. The highest BCUT2D eigenvalue weighted by atomic mass is 19.4. The molecule has 1 amide bonds. The van der Waals surface area contributed by atoms with Crippen molar-refractivity contribution in [3.63, 3.8) is 0 Å². The molecule has 0 saturated heterocycles. The summed E-state index contributed by atoms with van der Waals surface area (Å²) in [4.78, 5) is 11.9. The summed E-state index contributed by atoms with van der Waals surface area (Å²) < 4.78 is 45.8. The molecule has 2 rings (SSSR count). The monoisotopic (exact) mass is 371 g/mol. The van der Waals surface area contributed by atoms with Crippen LogP contribution in [0.15, 0.2) is 18.2 Å². The number of hydrogen-bond acceptors (Lipinski definition) is 3. The molecular formula is C18H24F3N3O2. The molecule has 1 aromatic carbocycles. The summed E-state index contributed by atoms with van der Waals surface area (Å²) >= 11 is 0. The Balaban J connectivity index is 2.26. The first-order valence-corrected chi connectivity index (χ1v) is 8.47. The summed E-state index contributed by atoms with van der Waals surface area (Å²) in [6, 6.07) is 3.25. The fourth-order valence-electron chi connectivity index (χ4n) is 2.63. The lowest BCUT2D eigenvalue weighted by molar-refractivity contribution is -0.137. The van der Waals surface area contributed by atoms with E-state index in [0.29, 0.717) is 17.3 Å². The molecule has 0 fully saturated rings. The van der Waals surface area contributed by atoms with Crippen molar-refractivity contribution in [2.45, 2.75) is 65.4 Å².